The van der Waals surface area contributed by atoms with Crippen LogP contribution in [0.15, 0.2) is 105 Å². The quantitative estimate of drug-likeness (QED) is 0.275. The van der Waals surface area contributed by atoms with Crippen LogP contribution in [0.4, 0.5) is 5.88 Å². The standard InChI is InChI=1S/C28H18N2O6/c29-16-21-25(22-8-4-14-33-22)27(23-9-5-15-34-23)36-28(21)30-24(31)17-35-20-12-10-19(11-13-20)26(32)18-6-2-1-3-7-18/h1-15H,17H2,(H,30,31). The van der Waals surface area contributed by atoms with E-state index in [2.05, 4.69) is 11.4 Å². The van der Waals surface area contributed by atoms with Crippen LogP contribution >= 0.6 is 0 Å². The summed E-state index contributed by atoms with van der Waals surface area (Å²) in [5.74, 6) is 0.725. The van der Waals surface area contributed by atoms with Gasteiger partial charge < -0.3 is 18.0 Å². The van der Waals surface area contributed by atoms with Crippen molar-refractivity contribution in [1.82, 2.24) is 0 Å². The van der Waals surface area contributed by atoms with Crippen LogP contribution < -0.4 is 10.1 Å². The van der Waals surface area contributed by atoms with E-state index in [9.17, 15) is 14.9 Å². The number of anilines is 1. The molecule has 0 spiro atoms. The molecule has 5 aromatic rings. The van der Waals surface area contributed by atoms with Crippen molar-refractivity contribution in [2.75, 3.05) is 11.9 Å². The molecule has 8 nitrogen and oxygen atoms in total. The van der Waals surface area contributed by atoms with Gasteiger partial charge in [-0.1, -0.05) is 30.3 Å². The molecule has 3 aromatic heterocycles. The molecular formula is C28H18N2O6. The van der Waals surface area contributed by atoms with Gasteiger partial charge in [0.25, 0.3) is 5.91 Å². The number of nitrogens with zero attached hydrogens (tertiary/aromatic N) is 1. The van der Waals surface area contributed by atoms with Crippen LogP contribution in [-0.2, 0) is 4.79 Å². The number of ketones is 1. The number of ether oxygens (including phenoxy) is 1. The zero-order chi connectivity index (χ0) is 24.9. The number of furan rings is 3. The molecule has 36 heavy (non-hydrogen) atoms. The predicted molar refractivity (Wildman–Crippen MR) is 129 cm³/mol. The third-order valence-electron chi connectivity index (χ3n) is 5.31. The van der Waals surface area contributed by atoms with E-state index in [-0.39, 0.29) is 29.6 Å². The van der Waals surface area contributed by atoms with Crippen molar-refractivity contribution in [3.05, 3.63) is 108 Å². The molecule has 3 heterocycles. The predicted octanol–water partition coefficient (Wildman–Crippen LogP) is 5.92. The van der Waals surface area contributed by atoms with Gasteiger partial charge in [-0.05, 0) is 48.5 Å². The topological polar surface area (TPSA) is 119 Å². The van der Waals surface area contributed by atoms with Crippen LogP contribution in [-0.4, -0.2) is 18.3 Å². The van der Waals surface area contributed by atoms with E-state index in [1.807, 2.05) is 6.07 Å². The number of hydrogen-bond donors (Lipinski definition) is 1. The number of benzene rings is 2. The first-order chi connectivity index (χ1) is 17.6. The Labute approximate surface area is 205 Å². The Bertz CT molecular complexity index is 1520. The normalized spacial score (nSPS) is 10.5. The maximum atomic E-state index is 12.6. The van der Waals surface area contributed by atoms with Gasteiger partial charge in [0.2, 0.25) is 5.88 Å². The maximum Gasteiger partial charge on any atom is 0.264 e. The Morgan fingerprint density at radius 1 is 0.833 bits per heavy atom. The highest BCUT2D eigenvalue weighted by Gasteiger charge is 2.27. The van der Waals surface area contributed by atoms with Crippen LogP contribution in [0.2, 0.25) is 0 Å². The lowest BCUT2D eigenvalue weighted by Crippen LogP contribution is -2.20. The number of carbonyl (C=O) groups is 2. The summed E-state index contributed by atoms with van der Waals surface area (Å²) in [4.78, 5) is 25.1. The fourth-order valence-electron chi connectivity index (χ4n) is 3.63. The van der Waals surface area contributed by atoms with Gasteiger partial charge in [-0.15, -0.1) is 0 Å². The van der Waals surface area contributed by atoms with Crippen molar-refractivity contribution < 1.29 is 27.6 Å². The summed E-state index contributed by atoms with van der Waals surface area (Å²) in [6.45, 7) is -0.344. The first-order valence-electron chi connectivity index (χ1n) is 10.9. The van der Waals surface area contributed by atoms with Gasteiger partial charge >= 0.3 is 0 Å². The third-order valence-corrected chi connectivity index (χ3v) is 5.31. The van der Waals surface area contributed by atoms with Crippen molar-refractivity contribution in [2.24, 2.45) is 0 Å². The van der Waals surface area contributed by atoms with Gasteiger partial charge in [-0.25, -0.2) is 0 Å². The molecule has 5 rings (SSSR count). The summed E-state index contributed by atoms with van der Waals surface area (Å²) in [7, 11) is 0. The monoisotopic (exact) mass is 478 g/mol. The Kier molecular flexibility index (Phi) is 6.19. The average Bonchev–Trinajstić information content (AvgIpc) is 3.69. The molecule has 8 heteroatoms. The molecule has 176 valence electrons. The summed E-state index contributed by atoms with van der Waals surface area (Å²) in [6.07, 6.45) is 2.95. The van der Waals surface area contributed by atoms with Crippen molar-refractivity contribution in [3.63, 3.8) is 0 Å². The van der Waals surface area contributed by atoms with Gasteiger partial charge in [-0.3, -0.25) is 14.9 Å². The number of hydrogen-bond acceptors (Lipinski definition) is 7. The van der Waals surface area contributed by atoms with Crippen molar-refractivity contribution in [2.45, 2.75) is 0 Å². The number of rotatable bonds is 8. The second-order valence-corrected chi connectivity index (χ2v) is 7.63. The Morgan fingerprint density at radius 2 is 1.50 bits per heavy atom. The van der Waals surface area contributed by atoms with Crippen molar-refractivity contribution in [1.29, 1.82) is 5.26 Å². The molecule has 0 atom stereocenters. The van der Waals surface area contributed by atoms with E-state index in [1.54, 1.807) is 72.8 Å². The van der Waals surface area contributed by atoms with Crippen LogP contribution in [0.25, 0.3) is 22.8 Å². The molecule has 1 N–H and O–H groups in total. The zero-order valence-corrected chi connectivity index (χ0v) is 18.8. The fraction of sp³-hybridized carbons (Fsp3) is 0.0357. The molecule has 0 bridgehead atoms. The molecule has 0 saturated heterocycles. The highest BCUT2D eigenvalue weighted by Crippen LogP contribution is 2.41. The van der Waals surface area contributed by atoms with Gasteiger partial charge in [0, 0.05) is 11.1 Å². The lowest BCUT2D eigenvalue weighted by molar-refractivity contribution is -0.118. The molecule has 2 aromatic carbocycles. The minimum absolute atomic E-state index is 0.0484. The van der Waals surface area contributed by atoms with E-state index < -0.39 is 5.91 Å². The summed E-state index contributed by atoms with van der Waals surface area (Å²) in [6, 6.07) is 24.2. The van der Waals surface area contributed by atoms with E-state index in [0.29, 0.717) is 34.0 Å². The lowest BCUT2D eigenvalue weighted by atomic mass is 10.0. The molecule has 0 fully saturated rings. The number of amides is 1. The summed E-state index contributed by atoms with van der Waals surface area (Å²) >= 11 is 0. The highest BCUT2D eigenvalue weighted by molar-refractivity contribution is 6.09. The van der Waals surface area contributed by atoms with Gasteiger partial charge in [0.1, 0.15) is 23.1 Å². The first kappa shape index (κ1) is 22.5. The van der Waals surface area contributed by atoms with E-state index in [1.165, 1.54) is 12.5 Å². The molecule has 0 aliphatic heterocycles. The lowest BCUT2D eigenvalue weighted by Gasteiger charge is -2.07. The third kappa shape index (κ3) is 4.54. The second kappa shape index (κ2) is 9.91. The van der Waals surface area contributed by atoms with Gasteiger partial charge in [0.15, 0.2) is 23.9 Å². The fourth-order valence-corrected chi connectivity index (χ4v) is 3.63. The van der Waals surface area contributed by atoms with Gasteiger partial charge in [0.05, 0.1) is 18.1 Å². The largest absolute Gasteiger partial charge is 0.484 e. The van der Waals surface area contributed by atoms with E-state index in [4.69, 9.17) is 18.0 Å². The second-order valence-electron chi connectivity index (χ2n) is 7.63. The number of nitrogens with one attached hydrogen (secondary N) is 1. The summed E-state index contributed by atoms with van der Waals surface area (Å²) < 4.78 is 22.3. The van der Waals surface area contributed by atoms with E-state index in [0.717, 1.165) is 0 Å². The maximum absolute atomic E-state index is 12.6. The van der Waals surface area contributed by atoms with E-state index >= 15 is 0 Å². The molecule has 1 amide bonds. The minimum Gasteiger partial charge on any atom is -0.484 e. The zero-order valence-electron chi connectivity index (χ0n) is 18.8. The smallest absolute Gasteiger partial charge is 0.264 e. The minimum atomic E-state index is -0.540. The average molecular weight is 478 g/mol. The van der Waals surface area contributed by atoms with Crippen molar-refractivity contribution in [3.8, 4) is 34.7 Å². The number of carbonyl (C=O) groups excluding carboxylic acids is 2. The molecular weight excluding hydrogens is 460 g/mol. The van der Waals surface area contributed by atoms with Crippen LogP contribution in [0.1, 0.15) is 21.5 Å². The first-order valence-corrected chi connectivity index (χ1v) is 10.9. The van der Waals surface area contributed by atoms with Crippen LogP contribution in [0, 0.1) is 11.3 Å². The highest BCUT2D eigenvalue weighted by atomic mass is 16.5. The molecule has 0 radical (unpaired) electrons. The molecule has 0 aliphatic rings. The van der Waals surface area contributed by atoms with Crippen molar-refractivity contribution >= 4 is 17.6 Å². The summed E-state index contributed by atoms with van der Waals surface area (Å²) in [5, 5.41) is 12.4. The van der Waals surface area contributed by atoms with Crippen LogP contribution in [0.3, 0.4) is 0 Å². The van der Waals surface area contributed by atoms with Crippen LogP contribution in [0.5, 0.6) is 5.75 Å². The number of nitriles is 1. The SMILES string of the molecule is N#Cc1c(NC(=O)COc2ccc(C(=O)c3ccccc3)cc2)oc(-c2ccco2)c1-c1ccco1. The molecule has 0 aliphatic carbocycles. The Morgan fingerprint density at radius 3 is 2.14 bits per heavy atom. The summed E-state index contributed by atoms with van der Waals surface area (Å²) in [5.41, 5.74) is 1.55. The Balaban J connectivity index is 1.29. The van der Waals surface area contributed by atoms with Gasteiger partial charge in [-0.2, -0.15) is 5.26 Å². The molecule has 0 saturated carbocycles. The molecule has 0 unspecified atom stereocenters. The Hall–Kier alpha value is -5.29.